The SMILES string of the molecule is CCc1cc2c(=O)c(-c3nnc(-c4ccccc4)s3)c(CCC(=O)O)oc2cc1O. The van der Waals surface area contributed by atoms with Gasteiger partial charge in [-0.05, 0) is 18.1 Å². The number of carboxylic acids is 1. The minimum Gasteiger partial charge on any atom is -0.508 e. The third kappa shape index (κ3) is 3.69. The molecule has 0 spiro atoms. The molecule has 0 aliphatic rings. The number of phenols is 1. The summed E-state index contributed by atoms with van der Waals surface area (Å²) in [4.78, 5) is 24.5. The van der Waals surface area contributed by atoms with Crippen molar-refractivity contribution in [3.05, 3.63) is 64.0 Å². The van der Waals surface area contributed by atoms with E-state index in [1.807, 2.05) is 37.3 Å². The van der Waals surface area contributed by atoms with Gasteiger partial charge in [-0.25, -0.2) is 0 Å². The van der Waals surface area contributed by atoms with Crippen LogP contribution in [0.25, 0.3) is 32.1 Å². The average Bonchev–Trinajstić information content (AvgIpc) is 3.22. The first kappa shape index (κ1) is 19.8. The number of fused-ring (bicyclic) bond motifs is 1. The number of aliphatic carboxylic acids is 1. The summed E-state index contributed by atoms with van der Waals surface area (Å²) in [6, 6.07) is 12.5. The number of aryl methyl sites for hydroxylation is 2. The molecule has 152 valence electrons. The minimum atomic E-state index is -1.00. The number of rotatable bonds is 6. The standard InChI is InChI=1S/C22H18N2O5S/c1-2-12-10-14-17(11-15(12)25)29-16(8-9-18(26)27)19(20(14)28)22-24-23-21(30-22)13-6-4-3-5-7-13/h3-7,10-11,25H,2,8-9H2,1H3,(H,26,27). The number of hydrogen-bond donors (Lipinski definition) is 2. The van der Waals surface area contributed by atoms with Crippen molar-refractivity contribution in [2.45, 2.75) is 26.2 Å². The number of nitrogens with zero attached hydrogens (tertiary/aromatic N) is 2. The lowest BCUT2D eigenvalue weighted by molar-refractivity contribution is -0.137. The van der Waals surface area contributed by atoms with Gasteiger partial charge >= 0.3 is 5.97 Å². The first-order valence-corrected chi connectivity index (χ1v) is 10.2. The van der Waals surface area contributed by atoms with E-state index in [4.69, 9.17) is 9.52 Å². The van der Waals surface area contributed by atoms with Gasteiger partial charge in [-0.1, -0.05) is 48.6 Å². The molecule has 0 fully saturated rings. The first-order chi connectivity index (χ1) is 14.5. The Kier molecular flexibility index (Phi) is 5.33. The molecule has 2 heterocycles. The number of benzene rings is 2. The lowest BCUT2D eigenvalue weighted by Gasteiger charge is -2.09. The van der Waals surface area contributed by atoms with Crippen molar-refractivity contribution in [2.75, 3.05) is 0 Å². The molecule has 0 atom stereocenters. The van der Waals surface area contributed by atoms with Crippen LogP contribution in [-0.4, -0.2) is 26.4 Å². The highest BCUT2D eigenvalue weighted by Gasteiger charge is 2.22. The van der Waals surface area contributed by atoms with Crippen LogP contribution in [0, 0.1) is 0 Å². The van der Waals surface area contributed by atoms with E-state index in [2.05, 4.69) is 10.2 Å². The summed E-state index contributed by atoms with van der Waals surface area (Å²) in [5, 5.41) is 29.0. The zero-order chi connectivity index (χ0) is 21.3. The second-order valence-corrected chi connectivity index (χ2v) is 7.71. The van der Waals surface area contributed by atoms with E-state index in [1.54, 1.807) is 6.07 Å². The highest BCUT2D eigenvalue weighted by atomic mass is 32.1. The molecule has 2 N–H and O–H groups in total. The van der Waals surface area contributed by atoms with Crippen molar-refractivity contribution in [3.63, 3.8) is 0 Å². The Bertz CT molecular complexity index is 1290. The van der Waals surface area contributed by atoms with Crippen LogP contribution in [0.5, 0.6) is 5.75 Å². The molecule has 4 rings (SSSR count). The van der Waals surface area contributed by atoms with E-state index in [1.165, 1.54) is 17.4 Å². The summed E-state index contributed by atoms with van der Waals surface area (Å²) in [5.74, 6) is -0.753. The summed E-state index contributed by atoms with van der Waals surface area (Å²) in [5.41, 5.74) is 1.61. The van der Waals surface area contributed by atoms with Crippen molar-refractivity contribution in [3.8, 4) is 26.9 Å². The Hall–Kier alpha value is -3.52. The van der Waals surface area contributed by atoms with Crippen LogP contribution in [0.4, 0.5) is 0 Å². The molecule has 0 aliphatic carbocycles. The van der Waals surface area contributed by atoms with Gasteiger partial charge < -0.3 is 14.6 Å². The zero-order valence-corrected chi connectivity index (χ0v) is 16.9. The van der Waals surface area contributed by atoms with Crippen LogP contribution in [0.2, 0.25) is 0 Å². The maximum absolute atomic E-state index is 13.4. The molecule has 7 nitrogen and oxygen atoms in total. The maximum Gasteiger partial charge on any atom is 0.303 e. The van der Waals surface area contributed by atoms with Gasteiger partial charge in [-0.2, -0.15) is 0 Å². The van der Waals surface area contributed by atoms with E-state index >= 15 is 0 Å². The van der Waals surface area contributed by atoms with Crippen LogP contribution >= 0.6 is 11.3 Å². The molecular formula is C22H18N2O5S. The van der Waals surface area contributed by atoms with Gasteiger partial charge in [0.1, 0.15) is 22.1 Å². The van der Waals surface area contributed by atoms with Crippen LogP contribution < -0.4 is 5.43 Å². The molecule has 2 aromatic heterocycles. The van der Waals surface area contributed by atoms with Crippen LogP contribution in [-0.2, 0) is 17.6 Å². The number of carbonyl (C=O) groups is 1. The number of aromatic hydroxyl groups is 1. The van der Waals surface area contributed by atoms with Crippen molar-refractivity contribution in [1.29, 1.82) is 0 Å². The van der Waals surface area contributed by atoms with Crippen molar-refractivity contribution in [1.82, 2.24) is 10.2 Å². The summed E-state index contributed by atoms with van der Waals surface area (Å²) < 4.78 is 5.89. The molecule has 0 bridgehead atoms. The smallest absolute Gasteiger partial charge is 0.303 e. The Morgan fingerprint density at radius 1 is 1.13 bits per heavy atom. The normalized spacial score (nSPS) is 11.1. The molecule has 0 unspecified atom stereocenters. The average molecular weight is 422 g/mol. The summed E-state index contributed by atoms with van der Waals surface area (Å²) in [7, 11) is 0. The van der Waals surface area contributed by atoms with Gasteiger partial charge in [0, 0.05) is 18.1 Å². The van der Waals surface area contributed by atoms with Gasteiger partial charge in [-0.15, -0.1) is 10.2 Å². The number of aromatic nitrogens is 2. The molecular weight excluding hydrogens is 404 g/mol. The molecule has 4 aromatic rings. The quantitative estimate of drug-likeness (QED) is 0.477. The van der Waals surface area contributed by atoms with Crippen LogP contribution in [0.3, 0.4) is 0 Å². The molecule has 0 aliphatic heterocycles. The number of phenolic OH excluding ortho intramolecular Hbond substituents is 1. The number of hydrogen-bond acceptors (Lipinski definition) is 7. The molecule has 0 saturated carbocycles. The largest absolute Gasteiger partial charge is 0.508 e. The van der Waals surface area contributed by atoms with Gasteiger partial charge in [0.2, 0.25) is 5.43 Å². The predicted molar refractivity (Wildman–Crippen MR) is 114 cm³/mol. The highest BCUT2D eigenvalue weighted by molar-refractivity contribution is 7.17. The maximum atomic E-state index is 13.4. The Balaban J connectivity index is 1.92. The zero-order valence-electron chi connectivity index (χ0n) is 16.1. The minimum absolute atomic E-state index is 0.0202. The molecule has 0 radical (unpaired) electrons. The third-order valence-electron chi connectivity index (χ3n) is 4.77. The summed E-state index contributed by atoms with van der Waals surface area (Å²) in [6.07, 6.45) is 0.367. The molecule has 0 saturated heterocycles. The third-order valence-corrected chi connectivity index (χ3v) is 5.76. The predicted octanol–water partition coefficient (Wildman–Crippen LogP) is 4.26. The molecule has 0 amide bonds. The van der Waals surface area contributed by atoms with Gasteiger partial charge in [-0.3, -0.25) is 9.59 Å². The van der Waals surface area contributed by atoms with Crippen LogP contribution in [0.15, 0.2) is 51.7 Å². The Labute approximate surface area is 175 Å². The van der Waals surface area contributed by atoms with E-state index in [0.29, 0.717) is 27.4 Å². The van der Waals surface area contributed by atoms with E-state index in [-0.39, 0.29) is 40.9 Å². The topological polar surface area (TPSA) is 114 Å². The summed E-state index contributed by atoms with van der Waals surface area (Å²) >= 11 is 1.24. The molecule has 2 aromatic carbocycles. The molecule has 30 heavy (non-hydrogen) atoms. The highest BCUT2D eigenvalue weighted by Crippen LogP contribution is 2.33. The lowest BCUT2D eigenvalue weighted by atomic mass is 10.0. The van der Waals surface area contributed by atoms with E-state index < -0.39 is 5.97 Å². The monoisotopic (exact) mass is 422 g/mol. The Morgan fingerprint density at radius 3 is 2.57 bits per heavy atom. The Morgan fingerprint density at radius 2 is 1.87 bits per heavy atom. The van der Waals surface area contributed by atoms with E-state index in [9.17, 15) is 14.7 Å². The fourth-order valence-corrected chi connectivity index (χ4v) is 4.15. The first-order valence-electron chi connectivity index (χ1n) is 9.40. The fraction of sp³-hybridized carbons (Fsp3) is 0.182. The second-order valence-electron chi connectivity index (χ2n) is 6.73. The summed E-state index contributed by atoms with van der Waals surface area (Å²) in [6.45, 7) is 1.88. The van der Waals surface area contributed by atoms with E-state index in [0.717, 1.165) is 5.56 Å². The van der Waals surface area contributed by atoms with Crippen molar-refractivity contribution >= 4 is 28.3 Å². The van der Waals surface area contributed by atoms with Gasteiger partial charge in [0.25, 0.3) is 0 Å². The van der Waals surface area contributed by atoms with Crippen molar-refractivity contribution in [2.24, 2.45) is 0 Å². The van der Waals surface area contributed by atoms with Crippen molar-refractivity contribution < 1.29 is 19.4 Å². The lowest BCUT2D eigenvalue weighted by Crippen LogP contribution is -2.11. The second kappa shape index (κ2) is 8.08. The molecule has 8 heteroatoms. The van der Waals surface area contributed by atoms with Crippen LogP contribution in [0.1, 0.15) is 24.7 Å². The number of carboxylic acid groups (broad SMARTS) is 1. The van der Waals surface area contributed by atoms with Gasteiger partial charge in [0.15, 0.2) is 5.01 Å². The van der Waals surface area contributed by atoms with Gasteiger partial charge in [0.05, 0.1) is 17.4 Å². The fourth-order valence-electron chi connectivity index (χ4n) is 3.24.